The summed E-state index contributed by atoms with van der Waals surface area (Å²) in [6.07, 6.45) is 5.58. The third-order valence-corrected chi connectivity index (χ3v) is 5.47. The van der Waals surface area contributed by atoms with Crippen molar-refractivity contribution in [1.29, 1.82) is 0 Å². The van der Waals surface area contributed by atoms with Crippen LogP contribution in [0.25, 0.3) is 0 Å². The molecular weight excluding hydrogens is 282 g/mol. The summed E-state index contributed by atoms with van der Waals surface area (Å²) in [5, 5.41) is 9.06. The standard InChI is InChI=1S/C17H25NO2S/c1-18-11-6-5-9-15(18)10-12-21-16(17(19)20)13-14-7-3-2-4-8-14/h2-4,7-8,15-16H,5-6,9-13H2,1H3,(H,19,20). The first kappa shape index (κ1) is 16.4. The molecule has 2 unspecified atom stereocenters. The number of nitrogens with zero attached hydrogens (tertiary/aromatic N) is 1. The van der Waals surface area contributed by atoms with E-state index in [9.17, 15) is 9.90 Å². The second kappa shape index (κ2) is 8.44. The molecule has 1 saturated heterocycles. The van der Waals surface area contributed by atoms with Crippen LogP contribution in [-0.4, -0.2) is 46.6 Å². The fourth-order valence-corrected chi connectivity index (χ4v) is 4.05. The Labute approximate surface area is 131 Å². The zero-order chi connectivity index (χ0) is 15.1. The van der Waals surface area contributed by atoms with Crippen LogP contribution in [-0.2, 0) is 11.2 Å². The summed E-state index contributed by atoms with van der Waals surface area (Å²) in [6.45, 7) is 1.18. The third-order valence-electron chi connectivity index (χ3n) is 4.23. The van der Waals surface area contributed by atoms with Crippen molar-refractivity contribution in [2.75, 3.05) is 19.3 Å². The summed E-state index contributed by atoms with van der Waals surface area (Å²) >= 11 is 1.59. The molecule has 1 aromatic carbocycles. The molecule has 0 amide bonds. The Morgan fingerprint density at radius 1 is 1.38 bits per heavy atom. The molecule has 0 radical (unpaired) electrons. The minimum atomic E-state index is -0.694. The van der Waals surface area contributed by atoms with Gasteiger partial charge in [-0.3, -0.25) is 4.79 Å². The first-order valence-electron chi connectivity index (χ1n) is 7.75. The van der Waals surface area contributed by atoms with Gasteiger partial charge in [-0.05, 0) is 50.6 Å². The van der Waals surface area contributed by atoms with Crippen molar-refractivity contribution in [3.63, 3.8) is 0 Å². The zero-order valence-corrected chi connectivity index (χ0v) is 13.5. The highest BCUT2D eigenvalue weighted by Gasteiger charge is 2.22. The molecule has 0 bridgehead atoms. The van der Waals surface area contributed by atoms with Gasteiger partial charge in [0.2, 0.25) is 0 Å². The average molecular weight is 307 g/mol. The number of carbonyl (C=O) groups is 1. The van der Waals surface area contributed by atoms with Crippen molar-refractivity contribution < 1.29 is 9.90 Å². The monoisotopic (exact) mass is 307 g/mol. The van der Waals surface area contributed by atoms with E-state index >= 15 is 0 Å². The van der Waals surface area contributed by atoms with E-state index in [2.05, 4.69) is 11.9 Å². The Morgan fingerprint density at radius 2 is 2.14 bits per heavy atom. The SMILES string of the molecule is CN1CCCCC1CCSC(Cc1ccccc1)C(=O)O. The number of carboxylic acids is 1. The van der Waals surface area contributed by atoms with E-state index in [1.807, 2.05) is 30.3 Å². The van der Waals surface area contributed by atoms with Crippen LogP contribution < -0.4 is 0 Å². The molecular formula is C17H25NO2S. The molecule has 2 rings (SSSR count). The van der Waals surface area contributed by atoms with Gasteiger partial charge in [-0.1, -0.05) is 36.8 Å². The predicted octanol–water partition coefficient (Wildman–Crippen LogP) is 3.29. The Kier molecular flexibility index (Phi) is 6.58. The van der Waals surface area contributed by atoms with Gasteiger partial charge < -0.3 is 10.0 Å². The van der Waals surface area contributed by atoms with Crippen molar-refractivity contribution in [2.45, 2.75) is 43.4 Å². The molecule has 2 atom stereocenters. The summed E-state index contributed by atoms with van der Waals surface area (Å²) in [4.78, 5) is 13.8. The van der Waals surface area contributed by atoms with Crippen LogP contribution in [0, 0.1) is 0 Å². The van der Waals surface area contributed by atoms with Crippen molar-refractivity contribution in [2.24, 2.45) is 0 Å². The summed E-state index contributed by atoms with van der Waals surface area (Å²) in [7, 11) is 2.19. The molecule has 1 fully saturated rings. The molecule has 1 N–H and O–H groups in total. The van der Waals surface area contributed by atoms with Crippen LogP contribution in [0.5, 0.6) is 0 Å². The van der Waals surface area contributed by atoms with Crippen LogP contribution in [0.3, 0.4) is 0 Å². The van der Waals surface area contributed by atoms with E-state index in [0.29, 0.717) is 12.5 Å². The van der Waals surface area contributed by atoms with Crippen LogP contribution >= 0.6 is 11.8 Å². The molecule has 0 saturated carbocycles. The van der Waals surface area contributed by atoms with Crippen molar-refractivity contribution >= 4 is 17.7 Å². The maximum atomic E-state index is 11.4. The number of benzene rings is 1. The number of thioether (sulfide) groups is 1. The number of likely N-dealkylation sites (tertiary alicyclic amines) is 1. The van der Waals surface area contributed by atoms with Gasteiger partial charge in [0.1, 0.15) is 5.25 Å². The van der Waals surface area contributed by atoms with Crippen LogP contribution in [0.1, 0.15) is 31.2 Å². The Morgan fingerprint density at radius 3 is 2.81 bits per heavy atom. The number of piperidine rings is 1. The molecule has 3 nitrogen and oxygen atoms in total. The van der Waals surface area contributed by atoms with Gasteiger partial charge in [0.05, 0.1) is 0 Å². The van der Waals surface area contributed by atoms with Gasteiger partial charge in [-0.25, -0.2) is 0 Å². The van der Waals surface area contributed by atoms with Crippen LogP contribution in [0.15, 0.2) is 30.3 Å². The maximum Gasteiger partial charge on any atom is 0.316 e. The first-order chi connectivity index (χ1) is 10.2. The smallest absolute Gasteiger partial charge is 0.316 e. The van der Waals surface area contributed by atoms with Gasteiger partial charge in [-0.15, -0.1) is 11.8 Å². The van der Waals surface area contributed by atoms with Gasteiger partial charge in [0, 0.05) is 6.04 Å². The first-order valence-corrected chi connectivity index (χ1v) is 8.80. The van der Waals surface area contributed by atoms with Gasteiger partial charge >= 0.3 is 5.97 Å². The number of carboxylic acid groups (broad SMARTS) is 1. The quantitative estimate of drug-likeness (QED) is 0.839. The van der Waals surface area contributed by atoms with Crippen LogP contribution in [0.4, 0.5) is 0 Å². The van der Waals surface area contributed by atoms with Crippen molar-refractivity contribution in [3.8, 4) is 0 Å². The van der Waals surface area contributed by atoms with Gasteiger partial charge in [0.15, 0.2) is 0 Å². The minimum absolute atomic E-state index is 0.332. The van der Waals surface area contributed by atoms with E-state index in [4.69, 9.17) is 0 Å². The summed E-state index contributed by atoms with van der Waals surface area (Å²) in [5.74, 6) is 0.236. The summed E-state index contributed by atoms with van der Waals surface area (Å²) in [6, 6.07) is 10.5. The minimum Gasteiger partial charge on any atom is -0.480 e. The van der Waals surface area contributed by atoms with Crippen molar-refractivity contribution in [3.05, 3.63) is 35.9 Å². The van der Waals surface area contributed by atoms with E-state index in [0.717, 1.165) is 17.7 Å². The molecule has 0 aromatic heterocycles. The molecule has 1 aromatic rings. The van der Waals surface area contributed by atoms with Gasteiger partial charge in [0.25, 0.3) is 0 Å². The lowest BCUT2D eigenvalue weighted by Crippen LogP contribution is -2.36. The highest BCUT2D eigenvalue weighted by molar-refractivity contribution is 8.00. The highest BCUT2D eigenvalue weighted by Crippen LogP contribution is 2.23. The Hall–Kier alpha value is -1.00. The van der Waals surface area contributed by atoms with E-state index < -0.39 is 5.97 Å². The topological polar surface area (TPSA) is 40.5 Å². The Bertz CT molecular complexity index is 438. The largest absolute Gasteiger partial charge is 0.480 e. The number of aliphatic carboxylic acids is 1. The number of hydrogen-bond donors (Lipinski definition) is 1. The lowest BCUT2D eigenvalue weighted by molar-refractivity contribution is -0.136. The summed E-state index contributed by atoms with van der Waals surface area (Å²) < 4.78 is 0. The molecule has 116 valence electrons. The van der Waals surface area contributed by atoms with Crippen LogP contribution in [0.2, 0.25) is 0 Å². The maximum absolute atomic E-state index is 11.4. The highest BCUT2D eigenvalue weighted by atomic mass is 32.2. The number of rotatable bonds is 7. The molecule has 1 heterocycles. The number of hydrogen-bond acceptors (Lipinski definition) is 3. The predicted molar refractivity (Wildman–Crippen MR) is 88.9 cm³/mol. The van der Waals surface area contributed by atoms with Crippen molar-refractivity contribution in [1.82, 2.24) is 4.90 Å². The summed E-state index contributed by atoms with van der Waals surface area (Å²) in [5.41, 5.74) is 1.10. The lowest BCUT2D eigenvalue weighted by atomic mass is 10.0. The molecule has 4 heteroatoms. The van der Waals surface area contributed by atoms with E-state index in [1.165, 1.54) is 25.8 Å². The molecule has 0 aliphatic carbocycles. The lowest BCUT2D eigenvalue weighted by Gasteiger charge is -2.32. The second-order valence-corrected chi connectivity index (χ2v) is 7.12. The second-order valence-electron chi connectivity index (χ2n) is 5.81. The normalized spacial score (nSPS) is 21.1. The fraction of sp³-hybridized carbons (Fsp3) is 0.588. The average Bonchev–Trinajstić information content (AvgIpc) is 2.49. The molecule has 21 heavy (non-hydrogen) atoms. The molecule has 0 spiro atoms. The zero-order valence-electron chi connectivity index (χ0n) is 12.7. The third kappa shape index (κ3) is 5.36. The Balaban J connectivity index is 1.79. The molecule has 1 aliphatic rings. The van der Waals surface area contributed by atoms with Gasteiger partial charge in [-0.2, -0.15) is 0 Å². The van der Waals surface area contributed by atoms with E-state index in [1.54, 1.807) is 11.8 Å². The molecule has 1 aliphatic heterocycles. The van der Waals surface area contributed by atoms with E-state index in [-0.39, 0.29) is 5.25 Å². The fourth-order valence-electron chi connectivity index (χ4n) is 2.90.